The summed E-state index contributed by atoms with van der Waals surface area (Å²) in [5.41, 5.74) is 4.52. The molecule has 0 saturated carbocycles. The molecule has 1 aliphatic heterocycles. The molecule has 1 amide bonds. The predicted octanol–water partition coefficient (Wildman–Crippen LogP) is 4.05. The zero-order chi connectivity index (χ0) is 15.5. The minimum absolute atomic E-state index is 0.152. The zero-order valence-electron chi connectivity index (χ0n) is 12.8. The zero-order valence-corrected chi connectivity index (χ0v) is 12.8. The van der Waals surface area contributed by atoms with Crippen molar-refractivity contribution in [2.75, 3.05) is 11.4 Å². The van der Waals surface area contributed by atoms with Gasteiger partial charge in [0.05, 0.1) is 0 Å². The van der Waals surface area contributed by atoms with Gasteiger partial charge in [-0.3, -0.25) is 4.79 Å². The first kappa shape index (κ1) is 14.8. The number of hydrogen-bond acceptors (Lipinski definition) is 1. The molecule has 1 heterocycles. The van der Waals surface area contributed by atoms with E-state index in [1.165, 1.54) is 17.7 Å². The van der Waals surface area contributed by atoms with Crippen molar-refractivity contribution < 1.29 is 9.18 Å². The third-order valence-electron chi connectivity index (χ3n) is 4.26. The number of fused-ring (bicyclic) bond motifs is 1. The minimum Gasteiger partial charge on any atom is -0.312 e. The van der Waals surface area contributed by atoms with Crippen LogP contribution in [0.3, 0.4) is 0 Å². The van der Waals surface area contributed by atoms with Gasteiger partial charge in [0.2, 0.25) is 5.91 Å². The molecule has 0 radical (unpaired) electrons. The first-order valence-electron chi connectivity index (χ1n) is 7.78. The summed E-state index contributed by atoms with van der Waals surface area (Å²) in [4.78, 5) is 14.5. The average molecular weight is 297 g/mol. The number of aryl methyl sites for hydroxylation is 3. The van der Waals surface area contributed by atoms with Crippen LogP contribution in [0.4, 0.5) is 10.1 Å². The van der Waals surface area contributed by atoms with Gasteiger partial charge in [-0.1, -0.05) is 30.3 Å². The molecule has 0 aromatic heterocycles. The van der Waals surface area contributed by atoms with Crippen LogP contribution in [0.1, 0.15) is 29.5 Å². The predicted molar refractivity (Wildman–Crippen MR) is 86.6 cm³/mol. The second-order valence-electron chi connectivity index (χ2n) is 5.86. The largest absolute Gasteiger partial charge is 0.312 e. The van der Waals surface area contributed by atoms with Crippen LogP contribution in [0.25, 0.3) is 0 Å². The molecule has 2 aromatic carbocycles. The summed E-state index contributed by atoms with van der Waals surface area (Å²) in [5, 5.41) is 0. The lowest BCUT2D eigenvalue weighted by Crippen LogP contribution is -2.36. The molecule has 0 spiro atoms. The molecule has 22 heavy (non-hydrogen) atoms. The van der Waals surface area contributed by atoms with Crippen LogP contribution in [-0.2, 0) is 17.6 Å². The van der Waals surface area contributed by atoms with Crippen LogP contribution in [0.2, 0.25) is 0 Å². The van der Waals surface area contributed by atoms with Crippen molar-refractivity contribution in [1.82, 2.24) is 0 Å². The Morgan fingerprint density at radius 1 is 1.18 bits per heavy atom. The van der Waals surface area contributed by atoms with Gasteiger partial charge in [-0.15, -0.1) is 0 Å². The van der Waals surface area contributed by atoms with Crippen molar-refractivity contribution in [2.45, 2.75) is 32.6 Å². The summed E-state index contributed by atoms with van der Waals surface area (Å²) in [6.07, 6.45) is 3.16. The number of nitrogens with zero attached hydrogens (tertiary/aromatic N) is 1. The van der Waals surface area contributed by atoms with E-state index in [4.69, 9.17) is 0 Å². The fourth-order valence-corrected chi connectivity index (χ4v) is 3.13. The van der Waals surface area contributed by atoms with E-state index >= 15 is 0 Å². The van der Waals surface area contributed by atoms with Crippen LogP contribution in [0, 0.1) is 12.7 Å². The van der Waals surface area contributed by atoms with E-state index in [1.807, 2.05) is 4.90 Å². The fourth-order valence-electron chi connectivity index (χ4n) is 3.13. The Bertz CT molecular complexity index is 678. The average Bonchev–Trinajstić information content (AvgIpc) is 2.54. The Balaban J connectivity index is 1.72. The molecular weight excluding hydrogens is 277 g/mol. The Labute approximate surface area is 130 Å². The SMILES string of the molecule is Cc1cccc2c1N(C(=O)CCc1ccc(F)cc1)CCC2. The van der Waals surface area contributed by atoms with Gasteiger partial charge < -0.3 is 4.90 Å². The number of benzene rings is 2. The number of amides is 1. The van der Waals surface area contributed by atoms with Crippen LogP contribution in [0.5, 0.6) is 0 Å². The van der Waals surface area contributed by atoms with Crippen molar-refractivity contribution in [3.05, 3.63) is 65.0 Å². The first-order chi connectivity index (χ1) is 10.6. The number of rotatable bonds is 3. The van der Waals surface area contributed by atoms with Gasteiger partial charge in [-0.25, -0.2) is 4.39 Å². The number of hydrogen-bond donors (Lipinski definition) is 0. The van der Waals surface area contributed by atoms with Gasteiger partial charge in [0.25, 0.3) is 0 Å². The lowest BCUT2D eigenvalue weighted by Gasteiger charge is -2.31. The quantitative estimate of drug-likeness (QED) is 0.837. The molecule has 3 heteroatoms. The van der Waals surface area contributed by atoms with E-state index in [9.17, 15) is 9.18 Å². The number of carbonyl (C=O) groups is 1. The third kappa shape index (κ3) is 3.03. The van der Waals surface area contributed by atoms with Gasteiger partial charge in [0.15, 0.2) is 0 Å². The van der Waals surface area contributed by atoms with Crippen molar-refractivity contribution in [3.63, 3.8) is 0 Å². The Morgan fingerprint density at radius 2 is 1.95 bits per heavy atom. The van der Waals surface area contributed by atoms with Crippen LogP contribution in [0.15, 0.2) is 42.5 Å². The van der Waals surface area contributed by atoms with E-state index in [-0.39, 0.29) is 11.7 Å². The number of carbonyl (C=O) groups excluding carboxylic acids is 1. The van der Waals surface area contributed by atoms with Crippen LogP contribution < -0.4 is 4.90 Å². The molecule has 0 aliphatic carbocycles. The molecule has 0 unspecified atom stereocenters. The highest BCUT2D eigenvalue weighted by Crippen LogP contribution is 2.31. The monoisotopic (exact) mass is 297 g/mol. The first-order valence-corrected chi connectivity index (χ1v) is 7.78. The molecule has 0 saturated heterocycles. The normalized spacial score (nSPS) is 13.8. The van der Waals surface area contributed by atoms with Gasteiger partial charge in [-0.2, -0.15) is 0 Å². The molecule has 2 nitrogen and oxygen atoms in total. The van der Waals surface area contributed by atoms with Gasteiger partial charge in [-0.05, 0) is 55.0 Å². The van der Waals surface area contributed by atoms with E-state index in [0.29, 0.717) is 12.8 Å². The maximum absolute atomic E-state index is 12.9. The van der Waals surface area contributed by atoms with E-state index in [2.05, 4.69) is 25.1 Å². The maximum Gasteiger partial charge on any atom is 0.227 e. The van der Waals surface area contributed by atoms with Crippen molar-refractivity contribution in [1.29, 1.82) is 0 Å². The van der Waals surface area contributed by atoms with Gasteiger partial charge in [0.1, 0.15) is 5.82 Å². The maximum atomic E-state index is 12.9. The lowest BCUT2D eigenvalue weighted by molar-refractivity contribution is -0.118. The van der Waals surface area contributed by atoms with Gasteiger partial charge in [0, 0.05) is 18.7 Å². The standard InChI is InChI=1S/C19H20FNO/c1-14-4-2-5-16-6-3-13-21(19(14)16)18(22)12-9-15-7-10-17(20)11-8-15/h2,4-5,7-8,10-11H,3,6,9,12-13H2,1H3. The van der Waals surface area contributed by atoms with E-state index in [1.54, 1.807) is 12.1 Å². The van der Waals surface area contributed by atoms with Crippen molar-refractivity contribution in [2.24, 2.45) is 0 Å². The molecular formula is C19H20FNO. The molecule has 0 atom stereocenters. The summed E-state index contributed by atoms with van der Waals surface area (Å²) >= 11 is 0. The van der Waals surface area contributed by atoms with E-state index in [0.717, 1.165) is 36.2 Å². The summed E-state index contributed by atoms with van der Waals surface area (Å²) in [5.74, 6) is -0.0877. The molecule has 1 aliphatic rings. The smallest absolute Gasteiger partial charge is 0.227 e. The molecule has 2 aromatic rings. The summed E-state index contributed by atoms with van der Waals surface area (Å²) < 4.78 is 12.9. The topological polar surface area (TPSA) is 20.3 Å². The van der Waals surface area contributed by atoms with Crippen LogP contribution in [-0.4, -0.2) is 12.5 Å². The highest BCUT2D eigenvalue weighted by molar-refractivity contribution is 5.95. The molecule has 3 rings (SSSR count). The molecule has 114 valence electrons. The number of para-hydroxylation sites is 1. The van der Waals surface area contributed by atoms with Crippen molar-refractivity contribution >= 4 is 11.6 Å². The number of anilines is 1. The highest BCUT2D eigenvalue weighted by atomic mass is 19.1. The Morgan fingerprint density at radius 3 is 2.73 bits per heavy atom. The van der Waals surface area contributed by atoms with Crippen LogP contribution >= 0.6 is 0 Å². The van der Waals surface area contributed by atoms with Gasteiger partial charge >= 0.3 is 0 Å². The Kier molecular flexibility index (Phi) is 4.23. The second-order valence-corrected chi connectivity index (χ2v) is 5.86. The summed E-state index contributed by atoms with van der Waals surface area (Å²) in [7, 11) is 0. The molecule has 0 N–H and O–H groups in total. The fraction of sp³-hybridized carbons (Fsp3) is 0.316. The third-order valence-corrected chi connectivity index (χ3v) is 4.26. The summed E-state index contributed by atoms with van der Waals surface area (Å²) in [6, 6.07) is 12.6. The second kappa shape index (κ2) is 6.30. The van der Waals surface area contributed by atoms with Crippen molar-refractivity contribution in [3.8, 4) is 0 Å². The minimum atomic E-state index is -0.240. The lowest BCUT2D eigenvalue weighted by atomic mass is 9.97. The van der Waals surface area contributed by atoms with E-state index < -0.39 is 0 Å². The highest BCUT2D eigenvalue weighted by Gasteiger charge is 2.23. The Hall–Kier alpha value is -2.16. The molecule has 0 bridgehead atoms. The molecule has 0 fully saturated rings. The summed E-state index contributed by atoms with van der Waals surface area (Å²) in [6.45, 7) is 2.85. The number of halogens is 1.